The van der Waals surface area contributed by atoms with E-state index in [9.17, 15) is 0 Å². The zero-order valence-electron chi connectivity index (χ0n) is 11.2. The van der Waals surface area contributed by atoms with E-state index in [4.69, 9.17) is 10.0 Å². The van der Waals surface area contributed by atoms with Crippen LogP contribution in [0.4, 0.5) is 0 Å². The molecular formula is C16H19ClGe. The zero-order chi connectivity index (χ0) is 13.2. The van der Waals surface area contributed by atoms with Crippen LogP contribution in [-0.2, 0) is 0 Å². The summed E-state index contributed by atoms with van der Waals surface area (Å²) >= 11 is -2.84. The predicted molar refractivity (Wildman–Crippen MR) is 83.5 cm³/mol. The van der Waals surface area contributed by atoms with Crippen molar-refractivity contribution in [1.82, 2.24) is 0 Å². The number of rotatable bonds is 2. The molecule has 0 N–H and O–H groups in total. The molecule has 0 heterocycles. The standard InChI is InChI=1S/C16H19ClGe/c1-16(2,3)18(17,14-10-6-4-7-11-14)15-12-8-5-9-13-15/h4-13H,1-3H3. The van der Waals surface area contributed by atoms with Gasteiger partial charge in [0.05, 0.1) is 0 Å². The first-order chi connectivity index (χ1) is 8.46. The van der Waals surface area contributed by atoms with Crippen LogP contribution in [0.1, 0.15) is 20.8 Å². The summed E-state index contributed by atoms with van der Waals surface area (Å²) in [4.78, 5) is 0. The van der Waals surface area contributed by atoms with Gasteiger partial charge in [0.15, 0.2) is 0 Å². The molecule has 2 aromatic carbocycles. The van der Waals surface area contributed by atoms with Gasteiger partial charge in [-0.15, -0.1) is 0 Å². The minimum absolute atomic E-state index is 0.115. The van der Waals surface area contributed by atoms with Gasteiger partial charge in [0.25, 0.3) is 0 Å². The Balaban J connectivity index is 2.63. The van der Waals surface area contributed by atoms with Gasteiger partial charge in [-0.2, -0.15) is 0 Å². The molecule has 2 heteroatoms. The van der Waals surface area contributed by atoms with E-state index in [1.54, 1.807) is 0 Å². The molecule has 18 heavy (non-hydrogen) atoms. The van der Waals surface area contributed by atoms with Crippen LogP contribution in [0.15, 0.2) is 60.7 Å². The first-order valence-corrected chi connectivity index (χ1v) is 12.2. The second-order valence-corrected chi connectivity index (χ2v) is 16.9. The fourth-order valence-corrected chi connectivity index (χ4v) is 10.7. The van der Waals surface area contributed by atoms with E-state index in [0.29, 0.717) is 0 Å². The summed E-state index contributed by atoms with van der Waals surface area (Å²) in [6, 6.07) is 21.2. The van der Waals surface area contributed by atoms with Crippen molar-refractivity contribution in [2.24, 2.45) is 0 Å². The normalized spacial score (nSPS) is 12.4. The van der Waals surface area contributed by atoms with Gasteiger partial charge in [-0.3, -0.25) is 0 Å². The monoisotopic (exact) mass is 320 g/mol. The molecule has 0 aromatic heterocycles. The zero-order valence-corrected chi connectivity index (χ0v) is 14.0. The Morgan fingerprint density at radius 1 is 0.722 bits per heavy atom. The second-order valence-electron chi connectivity index (χ2n) is 5.64. The topological polar surface area (TPSA) is 0 Å². The van der Waals surface area contributed by atoms with Crippen LogP contribution in [0.3, 0.4) is 0 Å². The molecule has 0 radical (unpaired) electrons. The maximum atomic E-state index is 7.25. The summed E-state index contributed by atoms with van der Waals surface area (Å²) in [5, 5.41) is 0. The van der Waals surface area contributed by atoms with E-state index < -0.39 is 12.3 Å². The predicted octanol–water partition coefficient (Wildman–Crippen LogP) is 3.79. The molecule has 0 amide bonds. The molecule has 0 aliphatic carbocycles. The van der Waals surface area contributed by atoms with E-state index in [-0.39, 0.29) is 4.25 Å². The number of hydrogen-bond donors (Lipinski definition) is 0. The average molecular weight is 319 g/mol. The first-order valence-electron chi connectivity index (χ1n) is 6.26. The molecule has 0 saturated heterocycles. The third-order valence-electron chi connectivity index (χ3n) is 3.38. The maximum absolute atomic E-state index is 7.25. The van der Waals surface area contributed by atoms with Crippen LogP contribution in [-0.4, -0.2) is 12.3 Å². The molecule has 94 valence electrons. The third kappa shape index (κ3) is 2.36. The summed E-state index contributed by atoms with van der Waals surface area (Å²) in [6.07, 6.45) is 0. The Morgan fingerprint density at radius 3 is 1.33 bits per heavy atom. The van der Waals surface area contributed by atoms with Crippen molar-refractivity contribution >= 4 is 31.1 Å². The second kappa shape index (κ2) is 5.10. The van der Waals surface area contributed by atoms with Crippen LogP contribution in [0.25, 0.3) is 0 Å². The van der Waals surface area contributed by atoms with E-state index in [1.165, 1.54) is 8.79 Å². The molecule has 0 nitrogen and oxygen atoms in total. The molecule has 0 aliphatic heterocycles. The van der Waals surface area contributed by atoms with Crippen LogP contribution in [0.2, 0.25) is 4.25 Å². The molecule has 2 rings (SSSR count). The Bertz CT molecular complexity index is 460. The van der Waals surface area contributed by atoms with Crippen molar-refractivity contribution in [3.63, 3.8) is 0 Å². The van der Waals surface area contributed by atoms with E-state index in [1.807, 2.05) is 0 Å². The molecule has 0 fully saturated rings. The molecule has 0 saturated carbocycles. The summed E-state index contributed by atoms with van der Waals surface area (Å²) in [5.74, 6) is 0. The number of halogens is 1. The van der Waals surface area contributed by atoms with Crippen LogP contribution < -0.4 is 8.79 Å². The van der Waals surface area contributed by atoms with Gasteiger partial charge in [0, 0.05) is 0 Å². The molecule has 0 atom stereocenters. The molecule has 0 unspecified atom stereocenters. The van der Waals surface area contributed by atoms with E-state index in [0.717, 1.165) is 0 Å². The average Bonchev–Trinajstić information content (AvgIpc) is 2.38. The number of hydrogen-bond acceptors (Lipinski definition) is 0. The quantitative estimate of drug-likeness (QED) is 0.739. The van der Waals surface area contributed by atoms with Crippen LogP contribution in [0, 0.1) is 0 Å². The third-order valence-corrected chi connectivity index (χ3v) is 17.7. The Labute approximate surface area is 117 Å². The summed E-state index contributed by atoms with van der Waals surface area (Å²) < 4.78 is 2.78. The van der Waals surface area contributed by atoms with Crippen molar-refractivity contribution in [3.8, 4) is 0 Å². The van der Waals surface area contributed by atoms with Crippen molar-refractivity contribution in [2.45, 2.75) is 25.0 Å². The van der Waals surface area contributed by atoms with Gasteiger partial charge in [-0.25, -0.2) is 0 Å². The summed E-state index contributed by atoms with van der Waals surface area (Å²) in [6.45, 7) is 6.79. The molecule has 0 aliphatic rings. The summed E-state index contributed by atoms with van der Waals surface area (Å²) in [5.41, 5.74) is 0. The Hall–Kier alpha value is -0.727. The van der Waals surface area contributed by atoms with Gasteiger partial charge in [0.2, 0.25) is 0 Å². The van der Waals surface area contributed by atoms with Crippen molar-refractivity contribution in [1.29, 1.82) is 0 Å². The number of benzene rings is 2. The van der Waals surface area contributed by atoms with Gasteiger partial charge in [0.1, 0.15) is 0 Å². The van der Waals surface area contributed by atoms with Crippen molar-refractivity contribution in [2.75, 3.05) is 0 Å². The molecule has 2 aromatic rings. The van der Waals surface area contributed by atoms with Gasteiger partial charge < -0.3 is 0 Å². The fourth-order valence-electron chi connectivity index (χ4n) is 2.37. The van der Waals surface area contributed by atoms with E-state index >= 15 is 0 Å². The van der Waals surface area contributed by atoms with Crippen molar-refractivity contribution < 1.29 is 0 Å². The molecule has 0 bridgehead atoms. The van der Waals surface area contributed by atoms with E-state index in [2.05, 4.69) is 81.4 Å². The van der Waals surface area contributed by atoms with Gasteiger partial charge in [-0.05, 0) is 0 Å². The summed E-state index contributed by atoms with van der Waals surface area (Å²) in [7, 11) is 7.25. The van der Waals surface area contributed by atoms with Crippen LogP contribution >= 0.6 is 10.0 Å². The Kier molecular flexibility index (Phi) is 3.88. The van der Waals surface area contributed by atoms with Gasteiger partial charge in [-0.1, -0.05) is 0 Å². The van der Waals surface area contributed by atoms with Crippen molar-refractivity contribution in [3.05, 3.63) is 60.7 Å². The first kappa shape index (κ1) is 13.7. The SMILES string of the molecule is C[C](C)(C)[Ge]([Cl])([c]1ccccc1)[c]1ccccc1. The molecule has 0 spiro atoms. The Morgan fingerprint density at radius 2 is 1.06 bits per heavy atom. The minimum atomic E-state index is -2.84. The fraction of sp³-hybridized carbons (Fsp3) is 0.250. The van der Waals surface area contributed by atoms with Gasteiger partial charge >= 0.3 is 117 Å². The molecular weight excluding hydrogens is 300 g/mol. The van der Waals surface area contributed by atoms with Crippen LogP contribution in [0.5, 0.6) is 0 Å².